The van der Waals surface area contributed by atoms with Crippen LogP contribution < -0.4 is 4.74 Å². The van der Waals surface area contributed by atoms with Gasteiger partial charge < -0.3 is 14.4 Å². The molecule has 1 unspecified atom stereocenters. The molecule has 0 aromatic heterocycles. The Hall–Kier alpha value is -1.06. The van der Waals surface area contributed by atoms with Crippen LogP contribution >= 0.6 is 0 Å². The molecule has 0 bridgehead atoms. The molecule has 0 radical (unpaired) electrons. The van der Waals surface area contributed by atoms with E-state index < -0.39 is 0 Å². The van der Waals surface area contributed by atoms with Crippen molar-refractivity contribution in [2.24, 2.45) is 0 Å². The van der Waals surface area contributed by atoms with Crippen LogP contribution in [0.25, 0.3) is 0 Å². The van der Waals surface area contributed by atoms with E-state index >= 15 is 0 Å². The van der Waals surface area contributed by atoms with Gasteiger partial charge in [0.25, 0.3) is 0 Å². The summed E-state index contributed by atoms with van der Waals surface area (Å²) >= 11 is 0. The number of hydrogen-bond acceptors (Lipinski definition) is 3. The van der Waals surface area contributed by atoms with Crippen LogP contribution in [-0.2, 0) is 4.74 Å². The van der Waals surface area contributed by atoms with Crippen molar-refractivity contribution in [3.63, 3.8) is 0 Å². The quantitative estimate of drug-likeness (QED) is 0.798. The number of nitrogens with zero attached hydrogens (tertiary/aromatic N) is 1. The second-order valence-corrected chi connectivity index (χ2v) is 6.36. The van der Waals surface area contributed by atoms with E-state index in [1.54, 1.807) is 7.11 Å². The van der Waals surface area contributed by atoms with Crippen molar-refractivity contribution in [1.82, 2.24) is 4.90 Å². The van der Waals surface area contributed by atoms with E-state index in [-0.39, 0.29) is 6.10 Å². The van der Waals surface area contributed by atoms with Crippen molar-refractivity contribution in [3.05, 3.63) is 29.8 Å². The summed E-state index contributed by atoms with van der Waals surface area (Å²) in [7, 11) is 1.71. The Morgan fingerprint density at radius 1 is 1.19 bits per heavy atom. The zero-order valence-corrected chi connectivity index (χ0v) is 13.8. The Labute approximate surface area is 129 Å². The molecule has 1 fully saturated rings. The first-order chi connectivity index (χ1) is 10.1. The van der Waals surface area contributed by atoms with Crippen molar-refractivity contribution in [1.29, 1.82) is 0 Å². The molecule has 1 aliphatic rings. The van der Waals surface area contributed by atoms with Gasteiger partial charge in [0.1, 0.15) is 11.9 Å². The number of benzene rings is 1. The summed E-state index contributed by atoms with van der Waals surface area (Å²) in [5.41, 5.74) is 1.42. The summed E-state index contributed by atoms with van der Waals surface area (Å²) in [4.78, 5) is 2.57. The molecule has 3 nitrogen and oxygen atoms in total. The topological polar surface area (TPSA) is 21.7 Å². The van der Waals surface area contributed by atoms with Crippen LogP contribution in [0.4, 0.5) is 0 Å². The summed E-state index contributed by atoms with van der Waals surface area (Å²) in [6.45, 7) is 9.63. The number of likely N-dealkylation sites (tertiary alicyclic amines) is 1. The van der Waals surface area contributed by atoms with Crippen LogP contribution in [-0.4, -0.2) is 43.9 Å². The van der Waals surface area contributed by atoms with Crippen LogP contribution in [0.2, 0.25) is 0 Å². The summed E-state index contributed by atoms with van der Waals surface area (Å²) < 4.78 is 11.0. The highest BCUT2D eigenvalue weighted by Crippen LogP contribution is 2.30. The minimum absolute atomic E-state index is 0.0908. The lowest BCUT2D eigenvalue weighted by Gasteiger charge is -2.34. The first-order valence-corrected chi connectivity index (χ1v) is 8.09. The van der Waals surface area contributed by atoms with Crippen LogP contribution in [0.5, 0.6) is 5.75 Å². The third-order valence-corrected chi connectivity index (χ3v) is 4.33. The van der Waals surface area contributed by atoms with Gasteiger partial charge in [-0.05, 0) is 70.3 Å². The smallest absolute Gasteiger partial charge is 0.120 e. The Kier molecular flexibility index (Phi) is 6.07. The number of ether oxygens (including phenoxy) is 2. The monoisotopic (exact) mass is 291 g/mol. The first-order valence-electron chi connectivity index (χ1n) is 8.09. The summed E-state index contributed by atoms with van der Waals surface area (Å²) in [6.07, 6.45) is 2.58. The van der Waals surface area contributed by atoms with Gasteiger partial charge in [-0.25, -0.2) is 0 Å². The zero-order valence-electron chi connectivity index (χ0n) is 13.8. The average molecular weight is 291 g/mol. The zero-order chi connectivity index (χ0) is 15.2. The molecule has 2 rings (SSSR count). The van der Waals surface area contributed by atoms with Gasteiger partial charge >= 0.3 is 0 Å². The molecular weight excluding hydrogens is 262 g/mol. The molecule has 0 spiro atoms. The fourth-order valence-corrected chi connectivity index (χ4v) is 3.09. The van der Waals surface area contributed by atoms with E-state index in [1.807, 2.05) is 13.0 Å². The third kappa shape index (κ3) is 4.72. The molecule has 1 aromatic carbocycles. The van der Waals surface area contributed by atoms with E-state index in [0.717, 1.165) is 5.75 Å². The van der Waals surface area contributed by atoms with E-state index in [2.05, 4.69) is 36.9 Å². The molecule has 0 saturated carbocycles. The van der Waals surface area contributed by atoms with Crippen molar-refractivity contribution in [2.75, 3.05) is 26.8 Å². The number of methoxy groups -OCH3 is 1. The maximum atomic E-state index is 5.91. The predicted octanol–water partition coefficient (Wildman–Crippen LogP) is 3.69. The molecule has 3 heteroatoms. The summed E-state index contributed by atoms with van der Waals surface area (Å²) in [5, 5.41) is 0. The Balaban J connectivity index is 1.95. The SMILES string of the molecule is COCC(C)Oc1cccc(C2CCN(C(C)C)CC2)c1. The van der Waals surface area contributed by atoms with E-state index in [0.29, 0.717) is 18.6 Å². The molecule has 1 aliphatic heterocycles. The van der Waals surface area contributed by atoms with Crippen LogP contribution in [0.15, 0.2) is 24.3 Å². The van der Waals surface area contributed by atoms with Gasteiger partial charge in [-0.3, -0.25) is 0 Å². The van der Waals surface area contributed by atoms with Gasteiger partial charge in [0.15, 0.2) is 0 Å². The Morgan fingerprint density at radius 2 is 1.90 bits per heavy atom. The van der Waals surface area contributed by atoms with Crippen molar-refractivity contribution >= 4 is 0 Å². The molecule has 0 N–H and O–H groups in total. The van der Waals surface area contributed by atoms with Gasteiger partial charge in [0, 0.05) is 13.2 Å². The molecule has 1 heterocycles. The van der Waals surface area contributed by atoms with E-state index in [9.17, 15) is 0 Å². The summed E-state index contributed by atoms with van der Waals surface area (Å²) in [6, 6.07) is 9.26. The van der Waals surface area contributed by atoms with Gasteiger partial charge in [-0.1, -0.05) is 12.1 Å². The lowest BCUT2D eigenvalue weighted by Crippen LogP contribution is -2.37. The minimum Gasteiger partial charge on any atom is -0.488 e. The Bertz CT molecular complexity index is 425. The van der Waals surface area contributed by atoms with Crippen LogP contribution in [0.3, 0.4) is 0 Å². The fourth-order valence-electron chi connectivity index (χ4n) is 3.09. The second kappa shape index (κ2) is 7.81. The van der Waals surface area contributed by atoms with Gasteiger partial charge in [0.2, 0.25) is 0 Å². The van der Waals surface area contributed by atoms with E-state index in [1.165, 1.54) is 31.5 Å². The highest BCUT2D eigenvalue weighted by atomic mass is 16.5. The lowest BCUT2D eigenvalue weighted by atomic mass is 9.89. The highest BCUT2D eigenvalue weighted by Gasteiger charge is 2.22. The van der Waals surface area contributed by atoms with E-state index in [4.69, 9.17) is 9.47 Å². The van der Waals surface area contributed by atoms with Crippen molar-refractivity contribution in [2.45, 2.75) is 51.7 Å². The third-order valence-electron chi connectivity index (χ3n) is 4.33. The van der Waals surface area contributed by atoms with Crippen LogP contribution in [0.1, 0.15) is 45.1 Å². The molecule has 0 aliphatic carbocycles. The fraction of sp³-hybridized carbons (Fsp3) is 0.667. The maximum Gasteiger partial charge on any atom is 0.120 e. The molecule has 118 valence electrons. The second-order valence-electron chi connectivity index (χ2n) is 6.36. The van der Waals surface area contributed by atoms with Crippen LogP contribution in [0, 0.1) is 0 Å². The first kappa shape index (κ1) is 16.3. The van der Waals surface area contributed by atoms with Crippen molar-refractivity contribution < 1.29 is 9.47 Å². The molecule has 0 amide bonds. The normalized spacial score (nSPS) is 18.9. The molecule has 1 atom stereocenters. The van der Waals surface area contributed by atoms with Gasteiger partial charge in [-0.2, -0.15) is 0 Å². The predicted molar refractivity (Wildman–Crippen MR) is 87.1 cm³/mol. The van der Waals surface area contributed by atoms with Crippen molar-refractivity contribution in [3.8, 4) is 5.75 Å². The highest BCUT2D eigenvalue weighted by molar-refractivity contribution is 5.31. The number of piperidine rings is 1. The molecule has 21 heavy (non-hydrogen) atoms. The molecule has 1 saturated heterocycles. The summed E-state index contributed by atoms with van der Waals surface area (Å²) in [5.74, 6) is 1.63. The standard InChI is InChI=1S/C18H29NO2/c1-14(2)19-10-8-16(9-11-19)17-6-5-7-18(12-17)21-15(3)13-20-4/h5-7,12,14-16H,8-11,13H2,1-4H3. The molecule has 1 aromatic rings. The number of rotatable bonds is 6. The molecular formula is C18H29NO2. The average Bonchev–Trinajstić information content (AvgIpc) is 2.48. The Morgan fingerprint density at radius 3 is 2.52 bits per heavy atom. The minimum atomic E-state index is 0.0908. The largest absolute Gasteiger partial charge is 0.488 e. The maximum absolute atomic E-state index is 5.91. The lowest BCUT2D eigenvalue weighted by molar-refractivity contribution is 0.0919. The number of hydrogen-bond donors (Lipinski definition) is 0. The van der Waals surface area contributed by atoms with Gasteiger partial charge in [-0.15, -0.1) is 0 Å². The van der Waals surface area contributed by atoms with Gasteiger partial charge in [0.05, 0.1) is 6.61 Å².